The lowest BCUT2D eigenvalue weighted by Crippen LogP contribution is -2.12. The van der Waals surface area contributed by atoms with Crippen LogP contribution in [0.3, 0.4) is 0 Å². The van der Waals surface area contributed by atoms with Gasteiger partial charge >= 0.3 is 0 Å². The SMILES string of the molecule is CC1=C(c2ccc3[nH]c(-c4nc(C5CC5)no4)cc3c2)N=C(C(=O)CCc2ccncc2)C1. The molecule has 0 spiro atoms. The van der Waals surface area contributed by atoms with E-state index in [4.69, 9.17) is 9.52 Å². The van der Waals surface area contributed by atoms with Crippen molar-refractivity contribution in [2.75, 3.05) is 0 Å². The minimum absolute atomic E-state index is 0.106. The van der Waals surface area contributed by atoms with Gasteiger partial charge in [0.25, 0.3) is 5.89 Å². The summed E-state index contributed by atoms with van der Waals surface area (Å²) in [7, 11) is 0. The molecule has 4 aromatic rings. The Labute approximate surface area is 190 Å². The van der Waals surface area contributed by atoms with Crippen molar-refractivity contribution in [2.24, 2.45) is 4.99 Å². The van der Waals surface area contributed by atoms with E-state index in [1.165, 1.54) is 0 Å². The Kier molecular flexibility index (Phi) is 4.75. The molecule has 3 aromatic heterocycles. The molecule has 6 rings (SSSR count). The molecule has 7 heteroatoms. The summed E-state index contributed by atoms with van der Waals surface area (Å²) in [4.78, 5) is 29.4. The van der Waals surface area contributed by atoms with Crippen LogP contribution in [-0.2, 0) is 11.2 Å². The van der Waals surface area contributed by atoms with E-state index in [-0.39, 0.29) is 5.78 Å². The summed E-state index contributed by atoms with van der Waals surface area (Å²) in [6.07, 6.45) is 7.54. The van der Waals surface area contributed by atoms with Gasteiger partial charge in [0.1, 0.15) is 5.69 Å². The maximum absolute atomic E-state index is 12.8. The predicted molar refractivity (Wildman–Crippen MR) is 126 cm³/mol. The number of allylic oxidation sites excluding steroid dienone is 1. The molecule has 0 bridgehead atoms. The Morgan fingerprint density at radius 2 is 2.00 bits per heavy atom. The molecule has 0 unspecified atom stereocenters. The first-order valence-electron chi connectivity index (χ1n) is 11.3. The monoisotopic (exact) mass is 437 g/mol. The minimum Gasteiger partial charge on any atom is -0.351 e. The highest BCUT2D eigenvalue weighted by Crippen LogP contribution is 2.39. The standard InChI is InChI=1S/C26H23N5O2/c1-15-12-21(23(32)7-2-16-8-10-27-11-9-16)29-24(15)18-5-6-20-19(13-18)14-22(28-20)26-30-25(31-33-26)17-3-4-17/h5-6,8-11,13-14,17,28H,2-4,7,12H2,1H3. The zero-order valence-corrected chi connectivity index (χ0v) is 18.3. The number of benzene rings is 1. The van der Waals surface area contributed by atoms with Crippen LogP contribution in [0.25, 0.3) is 28.2 Å². The fraction of sp³-hybridized carbons (Fsp3) is 0.269. The number of nitrogens with zero attached hydrogens (tertiary/aromatic N) is 4. The van der Waals surface area contributed by atoms with Crippen molar-refractivity contribution in [3.63, 3.8) is 0 Å². The molecule has 0 atom stereocenters. The summed E-state index contributed by atoms with van der Waals surface area (Å²) >= 11 is 0. The van der Waals surface area contributed by atoms with Gasteiger partial charge in [0.15, 0.2) is 11.6 Å². The normalized spacial score (nSPS) is 16.0. The lowest BCUT2D eigenvalue weighted by Gasteiger charge is -2.02. The first kappa shape index (κ1) is 19.8. The van der Waals surface area contributed by atoms with Crippen molar-refractivity contribution in [2.45, 2.75) is 44.9 Å². The van der Waals surface area contributed by atoms with Crippen LogP contribution in [0, 0.1) is 0 Å². The number of hydrogen-bond donors (Lipinski definition) is 1. The number of carbonyl (C=O) groups excluding carboxylic acids is 1. The second-order valence-corrected chi connectivity index (χ2v) is 8.86. The van der Waals surface area contributed by atoms with E-state index < -0.39 is 0 Å². The molecule has 1 saturated carbocycles. The Bertz CT molecular complexity index is 1420. The van der Waals surface area contributed by atoms with E-state index in [0.29, 0.717) is 36.8 Å². The number of ketones is 1. The number of rotatable bonds is 7. The van der Waals surface area contributed by atoms with Crippen molar-refractivity contribution >= 4 is 28.1 Å². The number of aromatic nitrogens is 4. The quantitative estimate of drug-likeness (QED) is 0.425. The van der Waals surface area contributed by atoms with E-state index in [9.17, 15) is 4.79 Å². The fourth-order valence-corrected chi connectivity index (χ4v) is 4.28. The second kappa shape index (κ2) is 7.92. The van der Waals surface area contributed by atoms with Crippen LogP contribution in [0.5, 0.6) is 0 Å². The number of fused-ring (bicyclic) bond motifs is 1. The Balaban J connectivity index is 1.21. The average Bonchev–Trinajstić information content (AvgIpc) is 3.23. The van der Waals surface area contributed by atoms with Crippen LogP contribution >= 0.6 is 0 Å². The van der Waals surface area contributed by atoms with Gasteiger partial charge < -0.3 is 9.51 Å². The number of aromatic amines is 1. The lowest BCUT2D eigenvalue weighted by atomic mass is 10.0. The average molecular weight is 438 g/mol. The molecule has 164 valence electrons. The van der Waals surface area contributed by atoms with Gasteiger partial charge in [-0.3, -0.25) is 9.78 Å². The smallest absolute Gasteiger partial charge is 0.274 e. The van der Waals surface area contributed by atoms with Crippen molar-refractivity contribution in [3.8, 4) is 11.6 Å². The molecule has 1 fully saturated rings. The Morgan fingerprint density at radius 3 is 2.82 bits per heavy atom. The van der Waals surface area contributed by atoms with E-state index in [1.807, 2.05) is 37.3 Å². The van der Waals surface area contributed by atoms with Gasteiger partial charge in [0.05, 0.1) is 11.4 Å². The number of nitrogens with one attached hydrogen (secondary N) is 1. The number of aliphatic imine (C=N–C) groups is 1. The zero-order chi connectivity index (χ0) is 22.4. The largest absolute Gasteiger partial charge is 0.351 e. The van der Waals surface area contributed by atoms with Crippen LogP contribution in [0.4, 0.5) is 0 Å². The third-order valence-corrected chi connectivity index (χ3v) is 6.30. The summed E-state index contributed by atoms with van der Waals surface area (Å²) in [5, 5.41) is 5.15. The minimum atomic E-state index is 0.106. The van der Waals surface area contributed by atoms with Gasteiger partial charge in [0, 0.05) is 47.6 Å². The summed E-state index contributed by atoms with van der Waals surface area (Å²) in [6.45, 7) is 2.05. The Hall–Kier alpha value is -3.87. The summed E-state index contributed by atoms with van der Waals surface area (Å²) in [6, 6.07) is 12.1. The van der Waals surface area contributed by atoms with E-state index in [0.717, 1.165) is 57.7 Å². The second-order valence-electron chi connectivity index (χ2n) is 8.86. The lowest BCUT2D eigenvalue weighted by molar-refractivity contribution is -0.113. The summed E-state index contributed by atoms with van der Waals surface area (Å²) in [5.41, 5.74) is 6.57. The molecule has 0 amide bonds. The third kappa shape index (κ3) is 3.91. The molecule has 2 aliphatic rings. The third-order valence-electron chi connectivity index (χ3n) is 6.30. The first-order valence-corrected chi connectivity index (χ1v) is 11.3. The molecule has 7 nitrogen and oxygen atoms in total. The number of Topliss-reactive ketones (excluding diaryl/α,β-unsaturated/α-hetero) is 1. The van der Waals surface area contributed by atoms with Gasteiger partial charge in [-0.05, 0) is 67.7 Å². The highest BCUT2D eigenvalue weighted by atomic mass is 16.5. The summed E-state index contributed by atoms with van der Waals surface area (Å²) in [5.74, 6) is 1.88. The van der Waals surface area contributed by atoms with Gasteiger partial charge in [-0.15, -0.1) is 0 Å². The topological polar surface area (TPSA) is 97.0 Å². The number of hydrogen-bond acceptors (Lipinski definition) is 6. The fourth-order valence-electron chi connectivity index (χ4n) is 4.28. The van der Waals surface area contributed by atoms with Gasteiger partial charge in [-0.1, -0.05) is 11.2 Å². The van der Waals surface area contributed by atoms with Gasteiger partial charge in [-0.2, -0.15) is 4.98 Å². The van der Waals surface area contributed by atoms with Gasteiger partial charge in [-0.25, -0.2) is 4.99 Å². The molecule has 1 N–H and O–H groups in total. The van der Waals surface area contributed by atoms with E-state index >= 15 is 0 Å². The van der Waals surface area contributed by atoms with Crippen molar-refractivity contribution in [1.82, 2.24) is 20.1 Å². The molecule has 1 aromatic carbocycles. The molecule has 1 aliphatic carbocycles. The molecule has 1 aliphatic heterocycles. The van der Waals surface area contributed by atoms with Crippen LogP contribution in [0.2, 0.25) is 0 Å². The molecule has 33 heavy (non-hydrogen) atoms. The molecule has 0 saturated heterocycles. The van der Waals surface area contributed by atoms with Crippen molar-refractivity contribution < 1.29 is 9.32 Å². The number of carbonyl (C=O) groups is 1. The van der Waals surface area contributed by atoms with Gasteiger partial charge in [0.2, 0.25) is 0 Å². The Morgan fingerprint density at radius 1 is 1.15 bits per heavy atom. The van der Waals surface area contributed by atoms with Crippen molar-refractivity contribution in [3.05, 3.63) is 71.3 Å². The van der Waals surface area contributed by atoms with Crippen LogP contribution in [0.15, 0.2) is 63.9 Å². The zero-order valence-electron chi connectivity index (χ0n) is 18.3. The molecular weight excluding hydrogens is 414 g/mol. The first-order chi connectivity index (χ1) is 16.1. The number of H-pyrrole nitrogens is 1. The molecule has 4 heterocycles. The van der Waals surface area contributed by atoms with Crippen LogP contribution < -0.4 is 0 Å². The molecule has 0 radical (unpaired) electrons. The summed E-state index contributed by atoms with van der Waals surface area (Å²) < 4.78 is 5.46. The van der Waals surface area contributed by atoms with Crippen molar-refractivity contribution in [1.29, 1.82) is 0 Å². The van der Waals surface area contributed by atoms with Crippen LogP contribution in [0.1, 0.15) is 55.5 Å². The van der Waals surface area contributed by atoms with Crippen LogP contribution in [-0.4, -0.2) is 31.6 Å². The maximum atomic E-state index is 12.8. The molecular formula is C26H23N5O2. The number of aryl methyl sites for hydroxylation is 1. The highest BCUT2D eigenvalue weighted by molar-refractivity contribution is 6.42. The maximum Gasteiger partial charge on any atom is 0.274 e. The van der Waals surface area contributed by atoms with E-state index in [2.05, 4.69) is 26.2 Å². The number of pyridine rings is 1. The van der Waals surface area contributed by atoms with E-state index in [1.54, 1.807) is 12.4 Å². The highest BCUT2D eigenvalue weighted by Gasteiger charge is 2.29. The predicted octanol–water partition coefficient (Wildman–Crippen LogP) is 5.27.